The SMILES string of the molecule is O=C(NC1CCN(Cc2ccccc2)CC1)NC1CCC2(CC1)OCCO2. The van der Waals surface area contributed by atoms with Crippen LogP contribution in [0.2, 0.25) is 0 Å². The van der Waals surface area contributed by atoms with E-state index in [0.29, 0.717) is 13.2 Å². The van der Waals surface area contributed by atoms with Crippen LogP contribution in [-0.2, 0) is 16.0 Å². The fourth-order valence-corrected chi connectivity index (χ4v) is 4.48. The minimum atomic E-state index is -0.361. The molecule has 1 aromatic carbocycles. The standard InChI is InChI=1S/C21H31N3O3/c25-20(22-18-6-10-21(11-7-18)26-14-15-27-21)23-19-8-12-24(13-9-19)16-17-4-2-1-3-5-17/h1-5,18-19H,6-16H2,(H2,22,23,25). The number of carbonyl (C=O) groups is 1. The third-order valence-electron chi connectivity index (χ3n) is 6.07. The van der Waals surface area contributed by atoms with Crippen LogP contribution in [-0.4, -0.2) is 55.1 Å². The molecular weight excluding hydrogens is 342 g/mol. The van der Waals surface area contributed by atoms with E-state index in [1.54, 1.807) is 0 Å². The highest BCUT2D eigenvalue weighted by atomic mass is 16.7. The fraction of sp³-hybridized carbons (Fsp3) is 0.667. The maximum absolute atomic E-state index is 12.4. The second-order valence-corrected chi connectivity index (χ2v) is 8.04. The summed E-state index contributed by atoms with van der Waals surface area (Å²) in [5.41, 5.74) is 1.35. The second-order valence-electron chi connectivity index (χ2n) is 8.04. The molecule has 1 aliphatic carbocycles. The fourth-order valence-electron chi connectivity index (χ4n) is 4.48. The van der Waals surface area contributed by atoms with Gasteiger partial charge in [-0.2, -0.15) is 0 Å². The molecule has 1 aromatic rings. The van der Waals surface area contributed by atoms with Gasteiger partial charge in [0.2, 0.25) is 0 Å². The van der Waals surface area contributed by atoms with Crippen molar-refractivity contribution in [2.45, 2.75) is 62.9 Å². The third kappa shape index (κ3) is 5.00. The second kappa shape index (κ2) is 8.59. The van der Waals surface area contributed by atoms with E-state index in [1.165, 1.54) is 5.56 Å². The molecule has 27 heavy (non-hydrogen) atoms. The first-order valence-electron chi connectivity index (χ1n) is 10.3. The summed E-state index contributed by atoms with van der Waals surface area (Å²) in [7, 11) is 0. The van der Waals surface area contributed by atoms with Crippen molar-refractivity contribution in [3.05, 3.63) is 35.9 Å². The molecule has 1 spiro atoms. The maximum atomic E-state index is 12.4. The largest absolute Gasteiger partial charge is 0.348 e. The van der Waals surface area contributed by atoms with Crippen molar-refractivity contribution in [1.29, 1.82) is 0 Å². The molecule has 0 aromatic heterocycles. The molecule has 3 aliphatic rings. The van der Waals surface area contributed by atoms with Gasteiger partial charge in [0.15, 0.2) is 5.79 Å². The lowest BCUT2D eigenvalue weighted by molar-refractivity contribution is -0.179. The first kappa shape index (κ1) is 18.7. The number of carbonyl (C=O) groups excluding carboxylic acids is 1. The van der Waals surface area contributed by atoms with Crippen LogP contribution in [0.25, 0.3) is 0 Å². The van der Waals surface area contributed by atoms with Gasteiger partial charge >= 0.3 is 6.03 Å². The number of amides is 2. The lowest BCUT2D eigenvalue weighted by Gasteiger charge is -2.36. The summed E-state index contributed by atoms with van der Waals surface area (Å²) in [6.07, 6.45) is 5.60. The summed E-state index contributed by atoms with van der Waals surface area (Å²) in [5.74, 6) is -0.361. The summed E-state index contributed by atoms with van der Waals surface area (Å²) >= 11 is 0. The smallest absolute Gasteiger partial charge is 0.315 e. The highest BCUT2D eigenvalue weighted by molar-refractivity contribution is 5.74. The Labute approximate surface area is 161 Å². The molecule has 0 radical (unpaired) electrons. The molecule has 2 heterocycles. The highest BCUT2D eigenvalue weighted by Gasteiger charge is 2.40. The molecule has 2 aliphatic heterocycles. The van der Waals surface area contributed by atoms with Crippen LogP contribution >= 0.6 is 0 Å². The zero-order valence-electron chi connectivity index (χ0n) is 16.0. The van der Waals surface area contributed by atoms with Gasteiger partial charge in [0.25, 0.3) is 0 Å². The number of nitrogens with one attached hydrogen (secondary N) is 2. The van der Waals surface area contributed by atoms with Gasteiger partial charge in [-0.3, -0.25) is 4.90 Å². The number of piperidine rings is 1. The first-order valence-corrected chi connectivity index (χ1v) is 10.3. The molecule has 2 saturated heterocycles. The van der Waals surface area contributed by atoms with Gasteiger partial charge in [-0.25, -0.2) is 4.79 Å². The topological polar surface area (TPSA) is 62.8 Å². The number of benzene rings is 1. The number of hydrogen-bond donors (Lipinski definition) is 2. The van der Waals surface area contributed by atoms with Crippen molar-refractivity contribution >= 4 is 6.03 Å². The van der Waals surface area contributed by atoms with E-state index < -0.39 is 0 Å². The van der Waals surface area contributed by atoms with Gasteiger partial charge in [-0.15, -0.1) is 0 Å². The van der Waals surface area contributed by atoms with E-state index in [4.69, 9.17) is 9.47 Å². The van der Waals surface area contributed by atoms with Gasteiger partial charge in [-0.05, 0) is 31.2 Å². The molecule has 0 unspecified atom stereocenters. The van der Waals surface area contributed by atoms with Gasteiger partial charge in [-0.1, -0.05) is 30.3 Å². The van der Waals surface area contributed by atoms with E-state index in [2.05, 4.69) is 45.9 Å². The van der Waals surface area contributed by atoms with Gasteiger partial charge in [0, 0.05) is 44.6 Å². The van der Waals surface area contributed by atoms with E-state index in [-0.39, 0.29) is 23.9 Å². The van der Waals surface area contributed by atoms with Crippen LogP contribution < -0.4 is 10.6 Å². The van der Waals surface area contributed by atoms with Crippen LogP contribution in [0.3, 0.4) is 0 Å². The highest BCUT2D eigenvalue weighted by Crippen LogP contribution is 2.35. The van der Waals surface area contributed by atoms with Crippen molar-refractivity contribution in [2.24, 2.45) is 0 Å². The summed E-state index contributed by atoms with van der Waals surface area (Å²) < 4.78 is 11.5. The van der Waals surface area contributed by atoms with E-state index in [9.17, 15) is 4.79 Å². The number of likely N-dealkylation sites (tertiary alicyclic amines) is 1. The molecule has 6 nitrogen and oxygen atoms in total. The summed E-state index contributed by atoms with van der Waals surface area (Å²) in [6, 6.07) is 11.1. The lowest BCUT2D eigenvalue weighted by Crippen LogP contribution is -2.51. The minimum absolute atomic E-state index is 0.0225. The molecule has 1 saturated carbocycles. The van der Waals surface area contributed by atoms with E-state index in [1.807, 2.05) is 0 Å². The Bertz CT molecular complexity index is 600. The quantitative estimate of drug-likeness (QED) is 0.852. The molecule has 6 heteroatoms. The maximum Gasteiger partial charge on any atom is 0.315 e. The van der Waals surface area contributed by atoms with E-state index >= 15 is 0 Å². The number of nitrogens with zero attached hydrogens (tertiary/aromatic N) is 1. The predicted octanol–water partition coefficient (Wildman–Crippen LogP) is 2.64. The summed E-state index contributed by atoms with van der Waals surface area (Å²) in [5, 5.41) is 6.32. The number of hydrogen-bond acceptors (Lipinski definition) is 4. The third-order valence-corrected chi connectivity index (χ3v) is 6.07. The Kier molecular flexibility index (Phi) is 5.95. The molecule has 4 rings (SSSR count). The summed E-state index contributed by atoms with van der Waals surface area (Å²) in [6.45, 7) is 4.44. The molecule has 0 atom stereocenters. The van der Waals surface area contributed by atoms with Gasteiger partial charge in [0.05, 0.1) is 13.2 Å². The molecule has 0 bridgehead atoms. The first-order chi connectivity index (χ1) is 13.2. The van der Waals surface area contributed by atoms with Crippen LogP contribution in [0.1, 0.15) is 44.1 Å². The Balaban J connectivity index is 1.15. The Morgan fingerprint density at radius 3 is 2.19 bits per heavy atom. The van der Waals surface area contributed by atoms with Crippen LogP contribution in [0.5, 0.6) is 0 Å². The number of urea groups is 1. The van der Waals surface area contributed by atoms with Gasteiger partial charge < -0.3 is 20.1 Å². The zero-order chi connectivity index (χ0) is 18.5. The van der Waals surface area contributed by atoms with Crippen molar-refractivity contribution in [1.82, 2.24) is 15.5 Å². The van der Waals surface area contributed by atoms with Crippen LogP contribution in [0, 0.1) is 0 Å². The van der Waals surface area contributed by atoms with Crippen molar-refractivity contribution in [3.8, 4) is 0 Å². The van der Waals surface area contributed by atoms with Crippen LogP contribution in [0.15, 0.2) is 30.3 Å². The number of ether oxygens (including phenoxy) is 2. The molecule has 2 N–H and O–H groups in total. The van der Waals surface area contributed by atoms with Gasteiger partial charge in [0.1, 0.15) is 0 Å². The Morgan fingerprint density at radius 2 is 1.56 bits per heavy atom. The van der Waals surface area contributed by atoms with Crippen molar-refractivity contribution in [3.63, 3.8) is 0 Å². The molecule has 148 valence electrons. The molecule has 3 fully saturated rings. The zero-order valence-corrected chi connectivity index (χ0v) is 16.0. The predicted molar refractivity (Wildman–Crippen MR) is 103 cm³/mol. The average molecular weight is 373 g/mol. The number of rotatable bonds is 4. The van der Waals surface area contributed by atoms with Crippen molar-refractivity contribution in [2.75, 3.05) is 26.3 Å². The monoisotopic (exact) mass is 373 g/mol. The molecule has 2 amide bonds. The minimum Gasteiger partial charge on any atom is -0.348 e. The average Bonchev–Trinajstić information content (AvgIpc) is 3.14. The van der Waals surface area contributed by atoms with E-state index in [0.717, 1.165) is 58.2 Å². The normalized spacial score (nSPS) is 24.1. The lowest BCUT2D eigenvalue weighted by atomic mass is 9.90. The molecular formula is C21H31N3O3. The Hall–Kier alpha value is -1.63. The Morgan fingerprint density at radius 1 is 0.963 bits per heavy atom. The van der Waals surface area contributed by atoms with Crippen molar-refractivity contribution < 1.29 is 14.3 Å². The van der Waals surface area contributed by atoms with Crippen LogP contribution in [0.4, 0.5) is 4.79 Å². The summed E-state index contributed by atoms with van der Waals surface area (Å²) in [4.78, 5) is 14.8.